The monoisotopic (exact) mass is 374 g/mol. The van der Waals surface area contributed by atoms with E-state index in [0.29, 0.717) is 5.56 Å². The lowest BCUT2D eigenvalue weighted by molar-refractivity contribution is -0.137. The summed E-state index contributed by atoms with van der Waals surface area (Å²) in [6, 6.07) is 4.22. The number of alkyl carbamates (subject to hydrolysis) is 1. The summed E-state index contributed by atoms with van der Waals surface area (Å²) in [6.07, 6.45) is -5.15. The molecule has 0 heterocycles. The van der Waals surface area contributed by atoms with Gasteiger partial charge in [0.25, 0.3) is 0 Å². The molecule has 26 heavy (non-hydrogen) atoms. The summed E-state index contributed by atoms with van der Waals surface area (Å²) < 4.78 is 43.2. The number of rotatable bonds is 6. The summed E-state index contributed by atoms with van der Waals surface area (Å²) in [6.45, 7) is 7.11. The molecule has 0 bridgehead atoms. The van der Waals surface area contributed by atoms with E-state index in [4.69, 9.17) is 0 Å². The quantitative estimate of drug-likeness (QED) is 0.801. The molecule has 146 valence electrons. The van der Waals surface area contributed by atoms with E-state index in [1.807, 2.05) is 0 Å². The lowest BCUT2D eigenvalue weighted by atomic mass is 9.83. The average molecular weight is 374 g/mol. The Balaban J connectivity index is 2.86. The normalized spacial score (nSPS) is 13.3. The molecule has 2 N–H and O–H groups in total. The largest absolute Gasteiger partial charge is 0.453 e. The van der Waals surface area contributed by atoms with Crippen molar-refractivity contribution in [1.29, 1.82) is 0 Å². The minimum atomic E-state index is -4.43. The van der Waals surface area contributed by atoms with Gasteiger partial charge in [-0.2, -0.15) is 13.2 Å². The number of carbonyl (C=O) groups is 2. The number of benzene rings is 1. The highest BCUT2D eigenvalue weighted by molar-refractivity contribution is 5.85. The van der Waals surface area contributed by atoms with Gasteiger partial charge in [-0.15, -0.1) is 0 Å². The van der Waals surface area contributed by atoms with Crippen molar-refractivity contribution in [3.8, 4) is 0 Å². The number of methoxy groups -OCH3 is 1. The average Bonchev–Trinajstić information content (AvgIpc) is 2.56. The first kappa shape index (κ1) is 21.8. The maximum Gasteiger partial charge on any atom is 0.416 e. The van der Waals surface area contributed by atoms with Crippen LogP contribution in [-0.4, -0.2) is 31.7 Å². The van der Waals surface area contributed by atoms with Crippen LogP contribution in [0.1, 0.15) is 38.8 Å². The van der Waals surface area contributed by atoms with Gasteiger partial charge in [0.05, 0.1) is 12.7 Å². The molecule has 0 unspecified atom stereocenters. The summed E-state index contributed by atoms with van der Waals surface area (Å²) in [7, 11) is 1.20. The van der Waals surface area contributed by atoms with Crippen molar-refractivity contribution in [2.45, 2.75) is 45.3 Å². The molecule has 1 aromatic carbocycles. The van der Waals surface area contributed by atoms with Gasteiger partial charge in [-0.1, -0.05) is 45.9 Å². The molecule has 1 rings (SSSR count). The van der Waals surface area contributed by atoms with E-state index in [2.05, 4.69) is 15.4 Å². The van der Waals surface area contributed by atoms with Crippen molar-refractivity contribution in [3.63, 3.8) is 0 Å². The zero-order valence-corrected chi connectivity index (χ0v) is 15.5. The number of hydrogen-bond acceptors (Lipinski definition) is 3. The molecule has 0 aliphatic heterocycles. The smallest absolute Gasteiger partial charge is 0.416 e. The zero-order valence-electron chi connectivity index (χ0n) is 15.5. The van der Waals surface area contributed by atoms with E-state index < -0.39 is 35.2 Å². The Bertz CT molecular complexity index is 643. The Morgan fingerprint density at radius 3 is 2.23 bits per heavy atom. The number of carbonyl (C=O) groups excluding carboxylic acids is 2. The van der Waals surface area contributed by atoms with Crippen LogP contribution in [-0.2, 0) is 21.1 Å². The Kier molecular flexibility index (Phi) is 7.06. The Hall–Kier alpha value is -2.25. The van der Waals surface area contributed by atoms with E-state index in [1.54, 1.807) is 33.8 Å². The van der Waals surface area contributed by atoms with Crippen LogP contribution in [0.2, 0.25) is 0 Å². The van der Waals surface area contributed by atoms with Crippen molar-refractivity contribution in [3.05, 3.63) is 35.4 Å². The Morgan fingerprint density at radius 1 is 1.15 bits per heavy atom. The number of amides is 2. The van der Waals surface area contributed by atoms with Gasteiger partial charge < -0.3 is 15.4 Å². The van der Waals surface area contributed by atoms with E-state index in [1.165, 1.54) is 13.2 Å². The second-order valence-corrected chi connectivity index (χ2v) is 7.04. The third-order valence-electron chi connectivity index (χ3n) is 4.08. The molecule has 1 aromatic rings. The molecule has 0 saturated carbocycles. The van der Waals surface area contributed by atoms with E-state index in [-0.39, 0.29) is 12.5 Å². The number of ether oxygens (including phenoxy) is 1. The SMILES string of the molecule is COC(=O)N[C@H](C(=O)NCC(C)(C)c1cccc(C(F)(F)F)c1)C(C)C. The van der Waals surface area contributed by atoms with Gasteiger partial charge in [0.1, 0.15) is 6.04 Å². The highest BCUT2D eigenvalue weighted by Gasteiger charge is 2.33. The molecule has 0 radical (unpaired) electrons. The number of halogens is 3. The molecule has 1 atom stereocenters. The molecule has 8 heteroatoms. The predicted octanol–water partition coefficient (Wildman–Crippen LogP) is 3.48. The van der Waals surface area contributed by atoms with Crippen LogP contribution >= 0.6 is 0 Å². The molecule has 0 spiro atoms. The fourth-order valence-electron chi connectivity index (χ4n) is 2.36. The summed E-state index contributed by atoms with van der Waals surface area (Å²) >= 11 is 0. The topological polar surface area (TPSA) is 67.4 Å². The molecule has 0 aliphatic carbocycles. The summed E-state index contributed by atoms with van der Waals surface area (Å²) in [5.41, 5.74) is -1.01. The molecular formula is C18H25F3N2O3. The van der Waals surface area contributed by atoms with Crippen molar-refractivity contribution in [2.75, 3.05) is 13.7 Å². The van der Waals surface area contributed by atoms with Gasteiger partial charge in [0.15, 0.2) is 0 Å². The lowest BCUT2D eigenvalue weighted by Crippen LogP contribution is -2.51. The molecule has 0 aromatic heterocycles. The van der Waals surface area contributed by atoms with E-state index in [9.17, 15) is 22.8 Å². The minimum absolute atomic E-state index is 0.110. The van der Waals surface area contributed by atoms with Crippen LogP contribution in [0, 0.1) is 5.92 Å². The van der Waals surface area contributed by atoms with Crippen LogP contribution in [0.15, 0.2) is 24.3 Å². The first-order valence-corrected chi connectivity index (χ1v) is 8.18. The van der Waals surface area contributed by atoms with Crippen molar-refractivity contribution < 1.29 is 27.5 Å². The fraction of sp³-hybridized carbons (Fsp3) is 0.556. The molecule has 0 aliphatic rings. The maximum atomic E-state index is 12.9. The Labute approximate surface area is 151 Å². The summed E-state index contributed by atoms with van der Waals surface area (Å²) in [5.74, 6) is -0.615. The van der Waals surface area contributed by atoms with Crippen LogP contribution in [0.4, 0.5) is 18.0 Å². The standard InChI is InChI=1S/C18H25F3N2O3/c1-11(2)14(23-16(25)26-5)15(24)22-10-17(3,4)12-7-6-8-13(9-12)18(19,20)21/h6-9,11,14H,10H2,1-5H3,(H,22,24)(H,23,25)/t14-/m0/s1. The van der Waals surface area contributed by atoms with Gasteiger partial charge in [0.2, 0.25) is 5.91 Å². The second kappa shape index (κ2) is 8.42. The van der Waals surface area contributed by atoms with Gasteiger partial charge in [0, 0.05) is 12.0 Å². The first-order valence-electron chi connectivity index (χ1n) is 8.18. The molecule has 2 amide bonds. The maximum absolute atomic E-state index is 12.9. The van der Waals surface area contributed by atoms with Gasteiger partial charge >= 0.3 is 12.3 Å². The minimum Gasteiger partial charge on any atom is -0.453 e. The van der Waals surface area contributed by atoms with Crippen molar-refractivity contribution in [1.82, 2.24) is 10.6 Å². The lowest BCUT2D eigenvalue weighted by Gasteiger charge is -2.28. The summed E-state index contributed by atoms with van der Waals surface area (Å²) in [4.78, 5) is 23.7. The molecule has 0 fully saturated rings. The third kappa shape index (κ3) is 5.93. The third-order valence-corrected chi connectivity index (χ3v) is 4.08. The zero-order chi connectivity index (χ0) is 20.1. The predicted molar refractivity (Wildman–Crippen MR) is 91.6 cm³/mol. The van der Waals surface area contributed by atoms with Crippen molar-refractivity contribution in [2.24, 2.45) is 5.92 Å². The van der Waals surface area contributed by atoms with Gasteiger partial charge in [-0.05, 0) is 17.5 Å². The molecular weight excluding hydrogens is 349 g/mol. The van der Waals surface area contributed by atoms with E-state index in [0.717, 1.165) is 12.1 Å². The number of hydrogen-bond donors (Lipinski definition) is 2. The number of nitrogens with one attached hydrogen (secondary N) is 2. The summed E-state index contributed by atoms with van der Waals surface area (Å²) in [5, 5.41) is 5.15. The Morgan fingerprint density at radius 2 is 1.73 bits per heavy atom. The second-order valence-electron chi connectivity index (χ2n) is 7.04. The van der Waals surface area contributed by atoms with Gasteiger partial charge in [-0.3, -0.25) is 4.79 Å². The van der Waals surface area contributed by atoms with Crippen LogP contribution in [0.3, 0.4) is 0 Å². The molecule has 5 nitrogen and oxygen atoms in total. The van der Waals surface area contributed by atoms with Crippen LogP contribution < -0.4 is 10.6 Å². The fourth-order valence-corrected chi connectivity index (χ4v) is 2.36. The van der Waals surface area contributed by atoms with E-state index >= 15 is 0 Å². The van der Waals surface area contributed by atoms with Gasteiger partial charge in [-0.25, -0.2) is 4.79 Å². The van der Waals surface area contributed by atoms with Crippen LogP contribution in [0.25, 0.3) is 0 Å². The first-order chi connectivity index (χ1) is 11.9. The molecule has 0 saturated heterocycles. The number of alkyl halides is 3. The van der Waals surface area contributed by atoms with Crippen LogP contribution in [0.5, 0.6) is 0 Å². The highest BCUT2D eigenvalue weighted by Crippen LogP contribution is 2.32. The van der Waals surface area contributed by atoms with Crippen molar-refractivity contribution >= 4 is 12.0 Å². The highest BCUT2D eigenvalue weighted by atomic mass is 19.4.